The van der Waals surface area contributed by atoms with E-state index in [-0.39, 0.29) is 5.91 Å². The number of pyridine rings is 1. The molecule has 0 atom stereocenters. The van der Waals surface area contributed by atoms with Gasteiger partial charge in [0, 0.05) is 18.0 Å². The van der Waals surface area contributed by atoms with Gasteiger partial charge in [-0.2, -0.15) is 5.10 Å². The molecule has 0 aliphatic carbocycles. The zero-order valence-electron chi connectivity index (χ0n) is 14.6. The Morgan fingerprint density at radius 3 is 2.30 bits per heavy atom. The molecule has 0 fully saturated rings. The number of hydrogen-bond acceptors (Lipinski definition) is 3. The number of carbonyl (C=O) groups excluding carboxylic acids is 1. The molecule has 0 aliphatic rings. The molecular formula is C22H18N4O. The SMILES string of the molecule is O=C(NCc1ccccn1)c1cn(-c2ccccc2)nc1-c1ccccc1. The van der Waals surface area contributed by atoms with Gasteiger partial charge in [-0.15, -0.1) is 0 Å². The summed E-state index contributed by atoms with van der Waals surface area (Å²) < 4.78 is 1.73. The lowest BCUT2D eigenvalue weighted by Gasteiger charge is -2.05. The van der Waals surface area contributed by atoms with Crippen LogP contribution >= 0.6 is 0 Å². The predicted octanol–water partition coefficient (Wildman–Crippen LogP) is 3.86. The minimum absolute atomic E-state index is 0.179. The van der Waals surface area contributed by atoms with Crippen molar-refractivity contribution in [2.24, 2.45) is 0 Å². The highest BCUT2D eigenvalue weighted by Crippen LogP contribution is 2.23. The van der Waals surface area contributed by atoms with E-state index in [1.807, 2.05) is 78.9 Å². The van der Waals surface area contributed by atoms with Gasteiger partial charge in [-0.25, -0.2) is 4.68 Å². The Morgan fingerprint density at radius 2 is 1.59 bits per heavy atom. The van der Waals surface area contributed by atoms with Crippen molar-refractivity contribution in [1.82, 2.24) is 20.1 Å². The number of rotatable bonds is 5. The smallest absolute Gasteiger partial charge is 0.255 e. The lowest BCUT2D eigenvalue weighted by Crippen LogP contribution is -2.23. The summed E-state index contributed by atoms with van der Waals surface area (Å²) in [6.07, 6.45) is 3.48. The van der Waals surface area contributed by atoms with Gasteiger partial charge in [-0.3, -0.25) is 9.78 Å². The van der Waals surface area contributed by atoms with Gasteiger partial charge in [0.2, 0.25) is 0 Å². The van der Waals surface area contributed by atoms with E-state index in [1.54, 1.807) is 17.1 Å². The minimum atomic E-state index is -0.179. The van der Waals surface area contributed by atoms with E-state index in [2.05, 4.69) is 15.4 Å². The molecule has 1 N–H and O–H groups in total. The van der Waals surface area contributed by atoms with Crippen LogP contribution < -0.4 is 5.32 Å². The highest BCUT2D eigenvalue weighted by molar-refractivity contribution is 5.99. The van der Waals surface area contributed by atoms with Gasteiger partial charge in [0.05, 0.1) is 23.5 Å². The van der Waals surface area contributed by atoms with Crippen LogP contribution in [0.5, 0.6) is 0 Å². The molecule has 4 aromatic rings. The second-order valence-electron chi connectivity index (χ2n) is 6.04. The van der Waals surface area contributed by atoms with E-state index < -0.39 is 0 Å². The van der Waals surface area contributed by atoms with Crippen molar-refractivity contribution in [1.29, 1.82) is 0 Å². The van der Waals surface area contributed by atoms with E-state index in [1.165, 1.54) is 0 Å². The van der Waals surface area contributed by atoms with Crippen LogP contribution in [0.4, 0.5) is 0 Å². The molecule has 4 rings (SSSR count). The highest BCUT2D eigenvalue weighted by atomic mass is 16.1. The number of benzene rings is 2. The molecule has 27 heavy (non-hydrogen) atoms. The fourth-order valence-electron chi connectivity index (χ4n) is 2.83. The van der Waals surface area contributed by atoms with E-state index in [9.17, 15) is 4.79 Å². The Kier molecular flexibility index (Phi) is 4.74. The fourth-order valence-corrected chi connectivity index (χ4v) is 2.83. The maximum atomic E-state index is 12.9. The van der Waals surface area contributed by atoms with Gasteiger partial charge in [0.25, 0.3) is 5.91 Å². The molecule has 0 unspecified atom stereocenters. The molecule has 0 saturated carbocycles. The molecule has 2 heterocycles. The molecule has 5 heteroatoms. The van der Waals surface area contributed by atoms with Crippen LogP contribution in [-0.2, 0) is 6.54 Å². The summed E-state index contributed by atoms with van der Waals surface area (Å²) in [6, 6.07) is 25.1. The van der Waals surface area contributed by atoms with Crippen molar-refractivity contribution in [3.8, 4) is 16.9 Å². The summed E-state index contributed by atoms with van der Waals surface area (Å²) >= 11 is 0. The van der Waals surface area contributed by atoms with E-state index >= 15 is 0 Å². The van der Waals surface area contributed by atoms with Gasteiger partial charge < -0.3 is 5.32 Å². The van der Waals surface area contributed by atoms with Crippen molar-refractivity contribution in [2.45, 2.75) is 6.54 Å². The summed E-state index contributed by atoms with van der Waals surface area (Å²) in [5, 5.41) is 7.60. The lowest BCUT2D eigenvalue weighted by atomic mass is 10.1. The molecule has 0 bridgehead atoms. The second-order valence-corrected chi connectivity index (χ2v) is 6.04. The average molecular weight is 354 g/mol. The molecule has 5 nitrogen and oxygen atoms in total. The standard InChI is InChI=1S/C22H18N4O/c27-22(24-15-18-11-7-8-14-23-18)20-16-26(19-12-5-2-6-13-19)25-21(20)17-9-3-1-4-10-17/h1-14,16H,15H2,(H,24,27). The summed E-state index contributed by atoms with van der Waals surface area (Å²) in [6.45, 7) is 0.365. The van der Waals surface area contributed by atoms with Crippen molar-refractivity contribution >= 4 is 5.91 Å². The lowest BCUT2D eigenvalue weighted by molar-refractivity contribution is 0.0951. The minimum Gasteiger partial charge on any atom is -0.346 e. The quantitative estimate of drug-likeness (QED) is 0.592. The molecule has 2 aromatic carbocycles. The molecule has 132 valence electrons. The van der Waals surface area contributed by atoms with Crippen LogP contribution in [0.25, 0.3) is 16.9 Å². The number of nitrogens with zero attached hydrogens (tertiary/aromatic N) is 3. The van der Waals surface area contributed by atoms with Crippen LogP contribution in [0, 0.1) is 0 Å². The third kappa shape index (κ3) is 3.77. The van der Waals surface area contributed by atoms with Crippen molar-refractivity contribution in [3.63, 3.8) is 0 Å². The molecule has 0 saturated heterocycles. The maximum Gasteiger partial charge on any atom is 0.255 e. The van der Waals surface area contributed by atoms with Crippen molar-refractivity contribution in [3.05, 3.63) is 103 Å². The third-order valence-electron chi connectivity index (χ3n) is 4.18. The van der Waals surface area contributed by atoms with Crippen LogP contribution in [0.1, 0.15) is 16.1 Å². The number of nitrogens with one attached hydrogen (secondary N) is 1. The Hall–Kier alpha value is -3.73. The van der Waals surface area contributed by atoms with Crippen LogP contribution in [0.3, 0.4) is 0 Å². The van der Waals surface area contributed by atoms with Gasteiger partial charge in [-0.1, -0.05) is 54.6 Å². The first-order valence-electron chi connectivity index (χ1n) is 8.70. The van der Waals surface area contributed by atoms with Crippen molar-refractivity contribution in [2.75, 3.05) is 0 Å². The zero-order chi connectivity index (χ0) is 18.5. The Morgan fingerprint density at radius 1 is 0.889 bits per heavy atom. The maximum absolute atomic E-state index is 12.9. The summed E-state index contributed by atoms with van der Waals surface area (Å²) in [5.41, 5.74) is 3.79. The van der Waals surface area contributed by atoms with E-state index in [4.69, 9.17) is 0 Å². The molecule has 0 spiro atoms. The molecule has 0 radical (unpaired) electrons. The topological polar surface area (TPSA) is 59.8 Å². The summed E-state index contributed by atoms with van der Waals surface area (Å²) in [4.78, 5) is 17.1. The molecule has 2 aromatic heterocycles. The predicted molar refractivity (Wildman–Crippen MR) is 104 cm³/mol. The number of para-hydroxylation sites is 1. The number of carbonyl (C=O) groups is 1. The van der Waals surface area contributed by atoms with Gasteiger partial charge in [-0.05, 0) is 24.3 Å². The first-order valence-corrected chi connectivity index (χ1v) is 8.70. The van der Waals surface area contributed by atoms with Crippen molar-refractivity contribution < 1.29 is 4.79 Å². The Bertz CT molecular complexity index is 1030. The van der Waals surface area contributed by atoms with Gasteiger partial charge >= 0.3 is 0 Å². The first-order chi connectivity index (χ1) is 13.3. The van der Waals surface area contributed by atoms with Crippen LogP contribution in [0.15, 0.2) is 91.3 Å². The van der Waals surface area contributed by atoms with E-state index in [0.29, 0.717) is 17.8 Å². The number of amides is 1. The summed E-state index contributed by atoms with van der Waals surface area (Å²) in [5.74, 6) is -0.179. The van der Waals surface area contributed by atoms with Gasteiger partial charge in [0.15, 0.2) is 0 Å². The first kappa shape index (κ1) is 16.7. The summed E-state index contributed by atoms with van der Waals surface area (Å²) in [7, 11) is 0. The van der Waals surface area contributed by atoms with E-state index in [0.717, 1.165) is 16.9 Å². The number of hydrogen-bond donors (Lipinski definition) is 1. The largest absolute Gasteiger partial charge is 0.346 e. The second kappa shape index (κ2) is 7.66. The number of aromatic nitrogens is 3. The average Bonchev–Trinajstić information content (AvgIpc) is 3.20. The normalized spacial score (nSPS) is 10.5. The molecule has 1 amide bonds. The molecule has 0 aliphatic heterocycles. The molecular weight excluding hydrogens is 336 g/mol. The Balaban J connectivity index is 1.67. The zero-order valence-corrected chi connectivity index (χ0v) is 14.6. The highest BCUT2D eigenvalue weighted by Gasteiger charge is 2.18. The fraction of sp³-hybridized carbons (Fsp3) is 0.0455. The Labute approximate surface area is 157 Å². The van der Waals surface area contributed by atoms with Crippen LogP contribution in [0.2, 0.25) is 0 Å². The van der Waals surface area contributed by atoms with Crippen LogP contribution in [-0.4, -0.2) is 20.7 Å². The van der Waals surface area contributed by atoms with Gasteiger partial charge in [0.1, 0.15) is 5.69 Å². The third-order valence-corrected chi connectivity index (χ3v) is 4.18. The monoisotopic (exact) mass is 354 g/mol.